The molecule has 0 aromatic heterocycles. The molecule has 6 heteroatoms. The van der Waals surface area contributed by atoms with Gasteiger partial charge in [-0.2, -0.15) is 0 Å². The number of anilines is 1. The van der Waals surface area contributed by atoms with Gasteiger partial charge in [-0.05, 0) is 23.6 Å². The first-order chi connectivity index (χ1) is 8.94. The molecule has 0 fully saturated rings. The van der Waals surface area contributed by atoms with Crippen LogP contribution < -0.4 is 10.0 Å². The molecule has 0 saturated carbocycles. The summed E-state index contributed by atoms with van der Waals surface area (Å²) in [5.74, 6) is 0.501. The molecule has 102 valence electrons. The van der Waals surface area contributed by atoms with Crippen LogP contribution in [-0.2, 0) is 10.0 Å². The van der Waals surface area contributed by atoms with Crippen LogP contribution >= 0.6 is 0 Å². The van der Waals surface area contributed by atoms with Crippen molar-refractivity contribution < 1.29 is 8.42 Å². The van der Waals surface area contributed by atoms with Gasteiger partial charge in [-0.3, -0.25) is 0 Å². The lowest BCUT2D eigenvalue weighted by molar-refractivity contribution is 0.591. The van der Waals surface area contributed by atoms with Gasteiger partial charge < -0.3 is 5.32 Å². The van der Waals surface area contributed by atoms with Crippen molar-refractivity contribution in [3.8, 4) is 0 Å². The van der Waals surface area contributed by atoms with Crippen LogP contribution in [0.2, 0.25) is 0 Å². The van der Waals surface area contributed by atoms with Gasteiger partial charge in [0.05, 0.1) is 12.2 Å². The van der Waals surface area contributed by atoms with Gasteiger partial charge in [-0.25, -0.2) is 18.1 Å². The summed E-state index contributed by atoms with van der Waals surface area (Å²) < 4.78 is 26.7. The van der Waals surface area contributed by atoms with E-state index in [0.717, 1.165) is 5.56 Å². The third-order valence-electron chi connectivity index (χ3n) is 2.82. The Hall–Kier alpha value is -1.82. The maximum Gasteiger partial charge on any atom is 0.266 e. The second-order valence-corrected chi connectivity index (χ2v) is 6.27. The van der Waals surface area contributed by atoms with Gasteiger partial charge in [0.25, 0.3) is 10.0 Å². The van der Waals surface area contributed by atoms with E-state index >= 15 is 0 Å². The molecule has 1 heterocycles. The van der Waals surface area contributed by atoms with Crippen molar-refractivity contribution in [3.63, 3.8) is 0 Å². The third kappa shape index (κ3) is 2.78. The maximum atomic E-state index is 12.2. The molecule has 1 aliphatic rings. The highest BCUT2D eigenvalue weighted by atomic mass is 32.2. The minimum atomic E-state index is -3.56. The van der Waals surface area contributed by atoms with Crippen molar-refractivity contribution >= 4 is 21.7 Å². The summed E-state index contributed by atoms with van der Waals surface area (Å²) in [6, 6.07) is 5.38. The lowest BCUT2D eigenvalue weighted by atomic mass is 10.0. The van der Waals surface area contributed by atoms with Crippen LogP contribution in [0.25, 0.3) is 0 Å². The molecule has 0 saturated heterocycles. The summed E-state index contributed by atoms with van der Waals surface area (Å²) in [7, 11) is -3.56. The molecule has 0 atom stereocenters. The fourth-order valence-corrected chi connectivity index (χ4v) is 2.97. The van der Waals surface area contributed by atoms with E-state index in [1.807, 2.05) is 19.9 Å². The van der Waals surface area contributed by atoms with Crippen LogP contribution in [0, 0.1) is 0 Å². The smallest absolute Gasteiger partial charge is 0.266 e. The second-order valence-electron chi connectivity index (χ2n) is 4.62. The number of nitrogens with one attached hydrogen (secondary N) is 2. The topological polar surface area (TPSA) is 70.6 Å². The first-order valence-electron chi connectivity index (χ1n) is 6.03. The van der Waals surface area contributed by atoms with Gasteiger partial charge in [0.1, 0.15) is 4.90 Å². The van der Waals surface area contributed by atoms with E-state index in [4.69, 9.17) is 0 Å². The molecule has 1 aliphatic heterocycles. The van der Waals surface area contributed by atoms with Crippen LogP contribution in [0.3, 0.4) is 0 Å². The zero-order valence-corrected chi connectivity index (χ0v) is 11.8. The van der Waals surface area contributed by atoms with Crippen molar-refractivity contribution in [2.45, 2.75) is 24.7 Å². The zero-order chi connectivity index (χ0) is 14.0. The molecule has 19 heavy (non-hydrogen) atoms. The lowest BCUT2D eigenvalue weighted by Crippen LogP contribution is -2.40. The number of hydrogen-bond acceptors (Lipinski definition) is 3. The van der Waals surface area contributed by atoms with Crippen LogP contribution in [-0.4, -0.2) is 20.9 Å². The van der Waals surface area contributed by atoms with E-state index in [1.54, 1.807) is 18.2 Å². The number of benzene rings is 1. The molecule has 0 bridgehead atoms. The highest BCUT2D eigenvalue weighted by molar-refractivity contribution is 7.90. The van der Waals surface area contributed by atoms with E-state index in [2.05, 4.69) is 21.6 Å². The molecule has 2 rings (SSSR count). The van der Waals surface area contributed by atoms with E-state index in [-0.39, 0.29) is 16.8 Å². The fourth-order valence-electron chi connectivity index (χ4n) is 1.79. The predicted molar refractivity (Wildman–Crippen MR) is 77.0 cm³/mol. The Morgan fingerprint density at radius 3 is 2.79 bits per heavy atom. The molecule has 1 aromatic carbocycles. The van der Waals surface area contributed by atoms with E-state index in [1.165, 1.54) is 0 Å². The Kier molecular flexibility index (Phi) is 3.61. The van der Waals surface area contributed by atoms with Gasteiger partial charge in [-0.15, -0.1) is 6.58 Å². The van der Waals surface area contributed by atoms with Gasteiger partial charge in [0.2, 0.25) is 5.96 Å². The van der Waals surface area contributed by atoms with Crippen molar-refractivity contribution in [2.75, 3.05) is 11.9 Å². The predicted octanol–water partition coefficient (Wildman–Crippen LogP) is 2.06. The number of fused-ring (bicyclic) bond motifs is 1. The number of rotatable bonds is 3. The Labute approximate surface area is 113 Å². The maximum absolute atomic E-state index is 12.2. The first kappa shape index (κ1) is 13.6. The van der Waals surface area contributed by atoms with Gasteiger partial charge in [0.15, 0.2) is 0 Å². The summed E-state index contributed by atoms with van der Waals surface area (Å²) >= 11 is 0. The minimum absolute atomic E-state index is 0.227. The first-order valence-corrected chi connectivity index (χ1v) is 7.51. The standard InChI is InChI=1S/C13H17N3O2S/c1-4-7-14-13-15-11-6-5-10(9(2)3)8-12(11)19(17,18)16-13/h4-6,8-9H,1,7H2,2-3H3,(H2,14,15,16). The summed E-state index contributed by atoms with van der Waals surface area (Å²) in [4.78, 5) is 4.31. The monoisotopic (exact) mass is 279 g/mol. The highest BCUT2D eigenvalue weighted by Crippen LogP contribution is 2.28. The largest absolute Gasteiger partial charge is 0.324 e. The Morgan fingerprint density at radius 1 is 1.42 bits per heavy atom. The number of hydrogen-bond donors (Lipinski definition) is 2. The summed E-state index contributed by atoms with van der Waals surface area (Å²) in [5.41, 5.74) is 1.53. The molecular formula is C13H17N3O2S. The summed E-state index contributed by atoms with van der Waals surface area (Å²) in [5, 5.41) is 2.97. The van der Waals surface area contributed by atoms with Crippen LogP contribution in [0.1, 0.15) is 25.3 Å². The van der Waals surface area contributed by atoms with E-state index in [9.17, 15) is 8.42 Å². The number of nitrogens with zero attached hydrogens (tertiary/aromatic N) is 1. The minimum Gasteiger partial charge on any atom is -0.324 e. The Bertz CT molecular complexity index is 633. The van der Waals surface area contributed by atoms with Gasteiger partial charge in [-0.1, -0.05) is 26.0 Å². The molecule has 0 unspecified atom stereocenters. The molecule has 0 aliphatic carbocycles. The average molecular weight is 279 g/mol. The van der Waals surface area contributed by atoms with E-state index in [0.29, 0.717) is 12.2 Å². The molecule has 0 spiro atoms. The molecule has 5 nitrogen and oxygen atoms in total. The highest BCUT2D eigenvalue weighted by Gasteiger charge is 2.26. The molecular weight excluding hydrogens is 262 g/mol. The van der Waals surface area contributed by atoms with E-state index < -0.39 is 10.0 Å². The molecule has 0 amide bonds. The quantitative estimate of drug-likeness (QED) is 0.832. The summed E-state index contributed by atoms with van der Waals surface area (Å²) in [6.07, 6.45) is 1.60. The SMILES string of the molecule is C=CCN=C1Nc2ccc(C(C)C)cc2S(=O)(=O)N1. The van der Waals surface area contributed by atoms with Crippen LogP contribution in [0.4, 0.5) is 5.69 Å². The normalized spacial score (nSPS) is 18.6. The molecule has 2 N–H and O–H groups in total. The average Bonchev–Trinajstić information content (AvgIpc) is 2.35. The van der Waals surface area contributed by atoms with Gasteiger partial charge >= 0.3 is 0 Å². The fraction of sp³-hybridized carbons (Fsp3) is 0.308. The lowest BCUT2D eigenvalue weighted by Gasteiger charge is -2.22. The zero-order valence-electron chi connectivity index (χ0n) is 11.0. The molecule has 0 radical (unpaired) electrons. The van der Waals surface area contributed by atoms with Crippen LogP contribution in [0.5, 0.6) is 0 Å². The summed E-state index contributed by atoms with van der Waals surface area (Å²) in [6.45, 7) is 7.94. The Balaban J connectivity index is 2.47. The number of guanidine groups is 1. The van der Waals surface area contributed by atoms with Crippen molar-refractivity contribution in [2.24, 2.45) is 4.99 Å². The number of aliphatic imine (C=N–C) groups is 1. The van der Waals surface area contributed by atoms with Crippen molar-refractivity contribution in [3.05, 3.63) is 36.4 Å². The third-order valence-corrected chi connectivity index (χ3v) is 4.20. The van der Waals surface area contributed by atoms with Gasteiger partial charge in [0, 0.05) is 0 Å². The molecule has 1 aromatic rings. The van der Waals surface area contributed by atoms with Crippen LogP contribution in [0.15, 0.2) is 40.7 Å². The second kappa shape index (κ2) is 5.05. The Morgan fingerprint density at radius 2 is 2.16 bits per heavy atom. The van der Waals surface area contributed by atoms with Crippen molar-refractivity contribution in [1.29, 1.82) is 0 Å². The number of sulfonamides is 1. The van der Waals surface area contributed by atoms with Crippen molar-refractivity contribution in [1.82, 2.24) is 4.72 Å².